The van der Waals surface area contributed by atoms with Gasteiger partial charge >= 0.3 is 0 Å². The monoisotopic (exact) mass is 478 g/mol. The van der Waals surface area contributed by atoms with Crippen LogP contribution in [0.5, 0.6) is 0 Å². The SMILES string of the molecule is Cc1ccc(S(=O)(=O)N2CCC3(CC2)NCCN=C3NCc2ccc(F)c(Cl)c2)c(C)c1. The zero-order valence-corrected chi connectivity index (χ0v) is 19.9. The van der Waals surface area contributed by atoms with Crippen LogP contribution in [-0.4, -0.2) is 50.3 Å². The first-order valence-corrected chi connectivity index (χ1v) is 12.6. The molecule has 2 heterocycles. The highest BCUT2D eigenvalue weighted by Crippen LogP contribution is 2.30. The molecule has 2 aliphatic rings. The first-order chi connectivity index (χ1) is 15.2. The molecule has 9 heteroatoms. The molecule has 0 radical (unpaired) electrons. The third-order valence-electron chi connectivity index (χ3n) is 6.27. The van der Waals surface area contributed by atoms with E-state index >= 15 is 0 Å². The average Bonchev–Trinajstić information content (AvgIpc) is 2.75. The maximum atomic E-state index is 13.4. The summed E-state index contributed by atoms with van der Waals surface area (Å²) in [5, 5.41) is 7.05. The van der Waals surface area contributed by atoms with Gasteiger partial charge < -0.3 is 10.6 Å². The summed E-state index contributed by atoms with van der Waals surface area (Å²) in [6.07, 6.45) is 1.24. The molecule has 2 aromatic rings. The number of nitrogens with one attached hydrogen (secondary N) is 2. The molecule has 0 unspecified atom stereocenters. The van der Waals surface area contributed by atoms with Gasteiger partial charge in [0.05, 0.1) is 22.0 Å². The van der Waals surface area contributed by atoms with Gasteiger partial charge in [0, 0.05) is 26.2 Å². The molecule has 1 spiro atoms. The maximum absolute atomic E-state index is 13.4. The van der Waals surface area contributed by atoms with E-state index in [0.717, 1.165) is 29.1 Å². The van der Waals surface area contributed by atoms with Crippen molar-refractivity contribution in [2.45, 2.75) is 43.7 Å². The lowest BCUT2D eigenvalue weighted by atomic mass is 9.85. The van der Waals surface area contributed by atoms with Crippen LogP contribution in [0.4, 0.5) is 4.39 Å². The van der Waals surface area contributed by atoms with Crippen molar-refractivity contribution >= 4 is 27.5 Å². The van der Waals surface area contributed by atoms with E-state index in [0.29, 0.717) is 43.9 Å². The van der Waals surface area contributed by atoms with Crippen molar-refractivity contribution in [3.05, 3.63) is 63.9 Å². The Labute approximate surface area is 193 Å². The second kappa shape index (κ2) is 9.09. The molecule has 4 rings (SSSR count). The van der Waals surface area contributed by atoms with Crippen LogP contribution in [0.2, 0.25) is 5.02 Å². The maximum Gasteiger partial charge on any atom is 0.243 e. The molecular formula is C23H28ClFN4O2S. The van der Waals surface area contributed by atoms with Gasteiger partial charge in [-0.1, -0.05) is 35.4 Å². The Morgan fingerprint density at radius 2 is 1.94 bits per heavy atom. The van der Waals surface area contributed by atoms with Crippen LogP contribution in [0.1, 0.15) is 29.5 Å². The summed E-state index contributed by atoms with van der Waals surface area (Å²) in [5.74, 6) is 0.383. The van der Waals surface area contributed by atoms with Crippen LogP contribution in [0.25, 0.3) is 0 Å². The summed E-state index contributed by atoms with van der Waals surface area (Å²) < 4.78 is 41.5. The number of halogens is 2. The smallest absolute Gasteiger partial charge is 0.243 e. The zero-order valence-electron chi connectivity index (χ0n) is 18.3. The van der Waals surface area contributed by atoms with Crippen LogP contribution in [0.3, 0.4) is 0 Å². The Kier molecular flexibility index (Phi) is 6.58. The molecule has 1 saturated heterocycles. The fraction of sp³-hybridized carbons (Fsp3) is 0.435. The van der Waals surface area contributed by atoms with Gasteiger partial charge in [0.15, 0.2) is 0 Å². The first-order valence-electron chi connectivity index (χ1n) is 10.8. The highest BCUT2D eigenvalue weighted by molar-refractivity contribution is 7.89. The molecule has 0 aromatic heterocycles. The van der Waals surface area contributed by atoms with E-state index in [1.54, 1.807) is 22.5 Å². The van der Waals surface area contributed by atoms with E-state index in [4.69, 9.17) is 16.6 Å². The lowest BCUT2D eigenvalue weighted by Gasteiger charge is -2.44. The summed E-state index contributed by atoms with van der Waals surface area (Å²) >= 11 is 5.90. The molecule has 2 N–H and O–H groups in total. The molecule has 0 atom stereocenters. The summed E-state index contributed by atoms with van der Waals surface area (Å²) in [5.41, 5.74) is 2.27. The van der Waals surface area contributed by atoms with Crippen LogP contribution in [0.15, 0.2) is 46.3 Å². The van der Waals surface area contributed by atoms with E-state index in [1.165, 1.54) is 6.07 Å². The molecule has 172 valence electrons. The minimum absolute atomic E-state index is 0.0904. The highest BCUT2D eigenvalue weighted by atomic mass is 35.5. The van der Waals surface area contributed by atoms with Crippen LogP contribution in [-0.2, 0) is 16.6 Å². The number of nitrogens with zero attached hydrogens (tertiary/aromatic N) is 2. The number of benzene rings is 2. The minimum atomic E-state index is -3.55. The molecule has 0 amide bonds. The third kappa shape index (κ3) is 4.55. The number of piperidine rings is 1. The number of sulfonamides is 1. The Bertz CT molecular complexity index is 1140. The van der Waals surface area contributed by atoms with E-state index in [2.05, 4.69) is 10.6 Å². The molecule has 32 heavy (non-hydrogen) atoms. The van der Waals surface area contributed by atoms with E-state index in [1.807, 2.05) is 26.0 Å². The molecule has 0 bridgehead atoms. The van der Waals surface area contributed by atoms with Crippen molar-refractivity contribution in [1.29, 1.82) is 0 Å². The Morgan fingerprint density at radius 3 is 2.62 bits per heavy atom. The second-order valence-corrected chi connectivity index (χ2v) is 10.8. The Balaban J connectivity index is 1.47. The quantitative estimate of drug-likeness (QED) is 0.706. The van der Waals surface area contributed by atoms with Gasteiger partial charge in [0.25, 0.3) is 0 Å². The molecule has 2 aromatic carbocycles. The summed E-state index contributed by atoms with van der Waals surface area (Å²) in [6, 6.07) is 10.1. The largest absolute Gasteiger partial charge is 0.368 e. The predicted molar refractivity (Wildman–Crippen MR) is 125 cm³/mol. The van der Waals surface area contributed by atoms with Crippen molar-refractivity contribution in [2.75, 3.05) is 26.2 Å². The summed E-state index contributed by atoms with van der Waals surface area (Å²) in [4.78, 5) is 5.07. The summed E-state index contributed by atoms with van der Waals surface area (Å²) in [6.45, 7) is 6.47. The Hall–Kier alpha value is -2.00. The van der Waals surface area contributed by atoms with Crippen LogP contribution < -0.4 is 10.6 Å². The topological polar surface area (TPSA) is 73.8 Å². The highest BCUT2D eigenvalue weighted by Gasteiger charge is 2.43. The molecule has 1 fully saturated rings. The van der Waals surface area contributed by atoms with Gasteiger partial charge in [-0.05, 0) is 56.0 Å². The van der Waals surface area contributed by atoms with Gasteiger partial charge in [-0.15, -0.1) is 0 Å². The normalized spacial score (nSPS) is 19.1. The van der Waals surface area contributed by atoms with Crippen LogP contribution in [0, 0.1) is 19.7 Å². The number of aliphatic imine (C=N–C) groups is 1. The molecule has 2 aliphatic heterocycles. The lowest BCUT2D eigenvalue weighted by molar-refractivity contribution is 0.241. The molecule has 6 nitrogen and oxygen atoms in total. The van der Waals surface area contributed by atoms with Gasteiger partial charge in [-0.25, -0.2) is 12.8 Å². The number of hydrogen-bond acceptors (Lipinski definition) is 5. The van der Waals surface area contributed by atoms with Crippen molar-refractivity contribution in [1.82, 2.24) is 14.9 Å². The minimum Gasteiger partial charge on any atom is -0.368 e. The van der Waals surface area contributed by atoms with Gasteiger partial charge in [-0.2, -0.15) is 4.31 Å². The van der Waals surface area contributed by atoms with Crippen molar-refractivity contribution in [3.8, 4) is 0 Å². The standard InChI is InChI=1S/C23H28ClFN4O2S/c1-16-3-6-21(17(2)13-16)32(30,31)29-11-7-23(8-12-29)22(26-9-10-28-23)27-15-18-4-5-20(25)19(24)14-18/h3-6,13-14,28H,7-12,15H2,1-2H3,(H,26,27). The van der Waals surface area contributed by atoms with Gasteiger partial charge in [0.2, 0.25) is 10.0 Å². The number of aryl methyl sites for hydroxylation is 2. The van der Waals surface area contributed by atoms with E-state index in [-0.39, 0.29) is 5.02 Å². The summed E-state index contributed by atoms with van der Waals surface area (Å²) in [7, 11) is -3.55. The number of amidine groups is 1. The van der Waals surface area contributed by atoms with E-state index < -0.39 is 21.4 Å². The molecular weight excluding hydrogens is 451 g/mol. The first kappa shape index (κ1) is 23.2. The zero-order chi connectivity index (χ0) is 22.9. The second-order valence-electron chi connectivity index (χ2n) is 8.51. The van der Waals surface area contributed by atoms with Crippen LogP contribution >= 0.6 is 11.6 Å². The Morgan fingerprint density at radius 1 is 1.19 bits per heavy atom. The third-order valence-corrected chi connectivity index (χ3v) is 8.62. The molecule has 0 aliphatic carbocycles. The van der Waals surface area contributed by atoms with Crippen molar-refractivity contribution < 1.29 is 12.8 Å². The average molecular weight is 479 g/mol. The lowest BCUT2D eigenvalue weighted by Crippen LogP contribution is -2.64. The van der Waals surface area contributed by atoms with E-state index in [9.17, 15) is 12.8 Å². The predicted octanol–water partition coefficient (Wildman–Crippen LogP) is 3.41. The number of rotatable bonds is 4. The van der Waals surface area contributed by atoms with Gasteiger partial charge in [0.1, 0.15) is 11.7 Å². The fourth-order valence-corrected chi connectivity index (χ4v) is 6.36. The van der Waals surface area contributed by atoms with Gasteiger partial charge in [-0.3, -0.25) is 4.99 Å². The van der Waals surface area contributed by atoms with Crippen molar-refractivity contribution in [2.24, 2.45) is 4.99 Å². The number of hydrogen-bond donors (Lipinski definition) is 2. The fourth-order valence-electron chi connectivity index (χ4n) is 4.51. The van der Waals surface area contributed by atoms with Crippen molar-refractivity contribution in [3.63, 3.8) is 0 Å². The molecule has 0 saturated carbocycles.